The van der Waals surface area contributed by atoms with Crippen LogP contribution in [0.5, 0.6) is 5.88 Å². The van der Waals surface area contributed by atoms with Crippen molar-refractivity contribution in [2.75, 3.05) is 0 Å². The highest BCUT2D eigenvalue weighted by Crippen LogP contribution is 2.17. The highest BCUT2D eigenvalue weighted by molar-refractivity contribution is 7.07. The summed E-state index contributed by atoms with van der Waals surface area (Å²) < 4.78 is 6.59. The van der Waals surface area contributed by atoms with E-state index >= 15 is 0 Å². The number of nitrogens with zero attached hydrogens (tertiary/aromatic N) is 2. The molecule has 2 rings (SSSR count). The van der Waals surface area contributed by atoms with Gasteiger partial charge in [-0.1, -0.05) is 32.9 Å². The maximum absolute atomic E-state index is 12.2. The Morgan fingerprint density at radius 3 is 2.39 bits per heavy atom. The third kappa shape index (κ3) is 4.16. The van der Waals surface area contributed by atoms with Crippen molar-refractivity contribution in [2.24, 2.45) is 4.99 Å². The van der Waals surface area contributed by atoms with Crippen LogP contribution < -0.4 is 9.54 Å². The quantitative estimate of drug-likeness (QED) is 0.784. The van der Waals surface area contributed by atoms with E-state index in [0.717, 1.165) is 12.1 Å². The largest absolute Gasteiger partial charge is 0.408 e. The molecule has 23 heavy (non-hydrogen) atoms. The lowest BCUT2D eigenvalue weighted by atomic mass is 10.2. The zero-order chi connectivity index (χ0) is 16.8. The predicted octanol–water partition coefficient (Wildman–Crippen LogP) is 3.71. The molecular formula is C17H20N2O3S. The number of rotatable bonds is 5. The SMILES string of the molecule is CCC(=O)Oc1csc(=Nc2ccc(CC)cc2)n1C(=O)CC. The minimum atomic E-state index is -0.376. The molecule has 0 saturated carbocycles. The van der Waals surface area contributed by atoms with E-state index in [1.165, 1.54) is 21.5 Å². The Labute approximate surface area is 139 Å². The fourth-order valence-corrected chi connectivity index (χ4v) is 2.76. The van der Waals surface area contributed by atoms with Crippen LogP contribution in [0.25, 0.3) is 0 Å². The van der Waals surface area contributed by atoms with Gasteiger partial charge in [-0.3, -0.25) is 9.59 Å². The summed E-state index contributed by atoms with van der Waals surface area (Å²) in [6, 6.07) is 7.85. The fourth-order valence-electron chi connectivity index (χ4n) is 1.94. The molecule has 0 saturated heterocycles. The van der Waals surface area contributed by atoms with Crippen LogP contribution in [0.2, 0.25) is 0 Å². The first kappa shape index (κ1) is 17.1. The van der Waals surface area contributed by atoms with E-state index in [0.29, 0.717) is 11.2 Å². The molecule has 0 fully saturated rings. The third-order valence-corrected chi connectivity index (χ3v) is 4.11. The number of benzene rings is 1. The first-order valence-electron chi connectivity index (χ1n) is 7.67. The molecule has 0 atom stereocenters. The average Bonchev–Trinajstić information content (AvgIpc) is 2.96. The van der Waals surface area contributed by atoms with Crippen LogP contribution in [0, 0.1) is 0 Å². The number of aryl methyl sites for hydroxylation is 1. The van der Waals surface area contributed by atoms with Crippen LogP contribution >= 0.6 is 11.3 Å². The van der Waals surface area contributed by atoms with Gasteiger partial charge in [0, 0.05) is 12.8 Å². The summed E-state index contributed by atoms with van der Waals surface area (Å²) in [5.41, 5.74) is 1.99. The van der Waals surface area contributed by atoms with E-state index in [9.17, 15) is 9.59 Å². The average molecular weight is 332 g/mol. The summed E-state index contributed by atoms with van der Waals surface area (Å²) in [4.78, 5) is 28.7. The van der Waals surface area contributed by atoms with Gasteiger partial charge in [-0.2, -0.15) is 0 Å². The molecule has 0 aliphatic heterocycles. The molecule has 1 heterocycles. The summed E-state index contributed by atoms with van der Waals surface area (Å²) in [6.07, 6.45) is 1.52. The lowest BCUT2D eigenvalue weighted by molar-refractivity contribution is -0.134. The number of esters is 1. The number of ether oxygens (including phenoxy) is 1. The highest BCUT2D eigenvalue weighted by Gasteiger charge is 2.15. The van der Waals surface area contributed by atoms with E-state index in [2.05, 4.69) is 11.9 Å². The van der Waals surface area contributed by atoms with Crippen LogP contribution in [0.4, 0.5) is 5.69 Å². The molecule has 0 bridgehead atoms. The Hall–Kier alpha value is -2.21. The van der Waals surface area contributed by atoms with Gasteiger partial charge < -0.3 is 4.74 Å². The van der Waals surface area contributed by atoms with Crippen LogP contribution in [0.3, 0.4) is 0 Å². The van der Waals surface area contributed by atoms with Crippen molar-refractivity contribution in [3.63, 3.8) is 0 Å². The summed E-state index contributed by atoms with van der Waals surface area (Å²) in [5, 5.41) is 1.64. The second-order valence-corrected chi connectivity index (χ2v) is 5.74. The van der Waals surface area contributed by atoms with Gasteiger partial charge in [-0.05, 0) is 24.1 Å². The third-order valence-electron chi connectivity index (χ3n) is 3.31. The van der Waals surface area contributed by atoms with Gasteiger partial charge in [0.05, 0.1) is 11.1 Å². The lowest BCUT2D eigenvalue weighted by Gasteiger charge is -2.06. The monoisotopic (exact) mass is 332 g/mol. The van der Waals surface area contributed by atoms with Gasteiger partial charge in [-0.15, -0.1) is 11.3 Å². The van der Waals surface area contributed by atoms with E-state index in [4.69, 9.17) is 4.74 Å². The van der Waals surface area contributed by atoms with E-state index in [1.54, 1.807) is 19.2 Å². The molecule has 1 aromatic heterocycles. The summed E-state index contributed by atoms with van der Waals surface area (Å²) in [7, 11) is 0. The molecule has 0 N–H and O–H groups in total. The topological polar surface area (TPSA) is 60.7 Å². The van der Waals surface area contributed by atoms with Gasteiger partial charge in [0.15, 0.2) is 4.80 Å². The molecule has 0 radical (unpaired) electrons. The smallest absolute Gasteiger partial charge is 0.312 e. The second kappa shape index (κ2) is 7.87. The fraction of sp³-hybridized carbons (Fsp3) is 0.353. The van der Waals surface area contributed by atoms with Crippen molar-refractivity contribution in [1.29, 1.82) is 0 Å². The number of hydrogen-bond acceptors (Lipinski definition) is 5. The van der Waals surface area contributed by atoms with Crippen LogP contribution in [0.1, 0.15) is 44.0 Å². The normalized spacial score (nSPS) is 11.5. The number of hydrogen-bond donors (Lipinski definition) is 0. The van der Waals surface area contributed by atoms with Crippen molar-refractivity contribution in [3.05, 3.63) is 40.0 Å². The highest BCUT2D eigenvalue weighted by atomic mass is 32.1. The molecule has 5 nitrogen and oxygen atoms in total. The van der Waals surface area contributed by atoms with Crippen molar-refractivity contribution in [3.8, 4) is 5.88 Å². The molecule has 0 spiro atoms. The Balaban J connectivity index is 2.46. The van der Waals surface area contributed by atoms with E-state index in [1.807, 2.05) is 24.3 Å². The Kier molecular flexibility index (Phi) is 5.87. The standard InChI is InChI=1S/C17H20N2O3S/c1-4-12-7-9-13(10-8-12)18-17-19(14(20)5-2)15(11-23-17)22-16(21)6-3/h7-11H,4-6H2,1-3H3. The van der Waals surface area contributed by atoms with Gasteiger partial charge in [-0.25, -0.2) is 9.56 Å². The molecule has 0 aliphatic rings. The minimum Gasteiger partial charge on any atom is -0.408 e. The van der Waals surface area contributed by atoms with Crippen LogP contribution in [-0.4, -0.2) is 16.4 Å². The molecular weight excluding hydrogens is 312 g/mol. The number of carbonyl (C=O) groups excluding carboxylic acids is 2. The van der Waals surface area contributed by atoms with Crippen LogP contribution in [-0.2, 0) is 11.2 Å². The zero-order valence-electron chi connectivity index (χ0n) is 13.5. The molecule has 1 aromatic carbocycles. The summed E-state index contributed by atoms with van der Waals surface area (Å²) >= 11 is 1.28. The molecule has 0 unspecified atom stereocenters. The predicted molar refractivity (Wildman–Crippen MR) is 90.2 cm³/mol. The van der Waals surface area contributed by atoms with Crippen molar-refractivity contribution >= 4 is 28.9 Å². The van der Waals surface area contributed by atoms with Crippen molar-refractivity contribution < 1.29 is 14.3 Å². The number of thiazole rings is 1. The molecule has 122 valence electrons. The van der Waals surface area contributed by atoms with Crippen molar-refractivity contribution in [2.45, 2.75) is 40.0 Å². The van der Waals surface area contributed by atoms with Crippen LogP contribution in [0.15, 0.2) is 34.6 Å². The van der Waals surface area contributed by atoms with E-state index < -0.39 is 0 Å². The Morgan fingerprint density at radius 2 is 1.83 bits per heavy atom. The first-order chi connectivity index (χ1) is 11.1. The summed E-state index contributed by atoms with van der Waals surface area (Å²) in [5.74, 6) is -0.300. The lowest BCUT2D eigenvalue weighted by Crippen LogP contribution is -2.24. The number of carbonyl (C=O) groups is 2. The van der Waals surface area contributed by atoms with Gasteiger partial charge in [0.25, 0.3) is 0 Å². The molecule has 0 amide bonds. The number of aromatic nitrogens is 1. The van der Waals surface area contributed by atoms with Gasteiger partial charge >= 0.3 is 5.97 Å². The summed E-state index contributed by atoms with van der Waals surface area (Å²) in [6.45, 7) is 5.56. The molecule has 2 aromatic rings. The zero-order valence-corrected chi connectivity index (χ0v) is 14.4. The molecule has 0 aliphatic carbocycles. The second-order valence-electron chi connectivity index (χ2n) is 4.90. The van der Waals surface area contributed by atoms with Crippen molar-refractivity contribution in [1.82, 2.24) is 4.57 Å². The molecule has 6 heteroatoms. The Morgan fingerprint density at radius 1 is 1.13 bits per heavy atom. The Bertz CT molecular complexity index is 757. The van der Waals surface area contributed by atoms with E-state index in [-0.39, 0.29) is 24.2 Å². The maximum atomic E-state index is 12.2. The van der Waals surface area contributed by atoms with Gasteiger partial charge in [0.2, 0.25) is 11.8 Å². The minimum absolute atomic E-state index is 0.158. The van der Waals surface area contributed by atoms with Gasteiger partial charge in [0.1, 0.15) is 0 Å². The first-order valence-corrected chi connectivity index (χ1v) is 8.55. The maximum Gasteiger partial charge on any atom is 0.312 e.